The highest BCUT2D eigenvalue weighted by Gasteiger charge is 2.19. The molecule has 0 aromatic carbocycles. The van der Waals surface area contributed by atoms with Crippen LogP contribution < -0.4 is 0 Å². The van der Waals surface area contributed by atoms with Crippen molar-refractivity contribution in [3.63, 3.8) is 0 Å². The van der Waals surface area contributed by atoms with Crippen molar-refractivity contribution in [1.29, 1.82) is 0 Å². The fourth-order valence-corrected chi connectivity index (χ4v) is 1.87. The van der Waals surface area contributed by atoms with E-state index in [1.54, 1.807) is 13.3 Å². The largest absolute Gasteiger partial charge is 0.374 e. The summed E-state index contributed by atoms with van der Waals surface area (Å²) >= 11 is 0. The number of ketones is 1. The number of hydrogen-bond acceptors (Lipinski definition) is 4. The van der Waals surface area contributed by atoms with Crippen molar-refractivity contribution in [2.45, 2.75) is 38.7 Å². The molecule has 1 aliphatic rings. The van der Waals surface area contributed by atoms with Crippen LogP contribution in [0.3, 0.4) is 0 Å². The molecule has 1 aliphatic carbocycles. The highest BCUT2D eigenvalue weighted by Crippen LogP contribution is 2.20. The Bertz CT molecular complexity index is 404. The molecule has 1 atom stereocenters. The third-order valence-electron chi connectivity index (χ3n) is 2.97. The van der Waals surface area contributed by atoms with Gasteiger partial charge in [-0.3, -0.25) is 4.79 Å². The van der Waals surface area contributed by atoms with Crippen LogP contribution in [0, 0.1) is 0 Å². The molecule has 0 amide bonds. The van der Waals surface area contributed by atoms with Crippen molar-refractivity contribution >= 4 is 5.78 Å². The summed E-state index contributed by atoms with van der Waals surface area (Å²) in [7, 11) is 1.63. The van der Waals surface area contributed by atoms with E-state index in [1.165, 1.54) is 0 Å². The van der Waals surface area contributed by atoms with Crippen molar-refractivity contribution in [2.24, 2.45) is 0 Å². The van der Waals surface area contributed by atoms with Gasteiger partial charge in [-0.15, -0.1) is 0 Å². The minimum atomic E-state index is -0.122. The second kappa shape index (κ2) is 4.70. The predicted octanol–water partition coefficient (Wildman–Crippen LogP) is 2.09. The van der Waals surface area contributed by atoms with Gasteiger partial charge < -0.3 is 4.74 Å². The summed E-state index contributed by atoms with van der Waals surface area (Å²) in [5.41, 5.74) is 1.58. The average molecular weight is 220 g/mol. The third kappa shape index (κ3) is 2.11. The van der Waals surface area contributed by atoms with Gasteiger partial charge in [0, 0.05) is 19.7 Å². The predicted molar refractivity (Wildman–Crippen MR) is 59.3 cm³/mol. The lowest BCUT2D eigenvalue weighted by molar-refractivity contribution is 0.0978. The first-order valence-corrected chi connectivity index (χ1v) is 5.64. The van der Waals surface area contributed by atoms with Crippen molar-refractivity contribution < 1.29 is 9.53 Å². The molecular weight excluding hydrogens is 204 g/mol. The van der Waals surface area contributed by atoms with Crippen LogP contribution >= 0.6 is 0 Å². The first-order valence-electron chi connectivity index (χ1n) is 5.64. The number of Topliss-reactive ketones (excluding diaryl/α,β-unsaturated/α-hetero) is 1. The Kier molecular flexibility index (Phi) is 3.29. The Hall–Kier alpha value is -1.29. The normalized spacial score (nSPS) is 17.8. The van der Waals surface area contributed by atoms with Crippen LogP contribution in [0.4, 0.5) is 0 Å². The first-order chi connectivity index (χ1) is 7.72. The zero-order chi connectivity index (χ0) is 11.5. The molecule has 0 N–H and O–H groups in total. The van der Waals surface area contributed by atoms with Gasteiger partial charge >= 0.3 is 0 Å². The van der Waals surface area contributed by atoms with Gasteiger partial charge in [-0.2, -0.15) is 0 Å². The fourth-order valence-electron chi connectivity index (χ4n) is 1.87. The topological polar surface area (TPSA) is 52.1 Å². The molecule has 0 radical (unpaired) electrons. The van der Waals surface area contributed by atoms with Gasteiger partial charge in [0.2, 0.25) is 0 Å². The Morgan fingerprint density at radius 3 is 2.88 bits per heavy atom. The minimum absolute atomic E-state index is 0.122. The maximum Gasteiger partial charge on any atom is 0.166 e. The van der Waals surface area contributed by atoms with Crippen molar-refractivity contribution in [1.82, 2.24) is 9.97 Å². The summed E-state index contributed by atoms with van der Waals surface area (Å²) in [6, 6.07) is 0. The number of rotatable bonds is 2. The molecule has 16 heavy (non-hydrogen) atoms. The lowest BCUT2D eigenvalue weighted by Crippen LogP contribution is -2.09. The number of aromatic nitrogens is 2. The zero-order valence-corrected chi connectivity index (χ0v) is 9.69. The van der Waals surface area contributed by atoms with E-state index < -0.39 is 0 Å². The van der Waals surface area contributed by atoms with Gasteiger partial charge in [0.25, 0.3) is 0 Å². The lowest BCUT2D eigenvalue weighted by Gasteiger charge is -2.10. The van der Waals surface area contributed by atoms with Gasteiger partial charge in [-0.25, -0.2) is 9.97 Å². The van der Waals surface area contributed by atoms with Crippen LogP contribution in [-0.2, 0) is 11.2 Å². The van der Waals surface area contributed by atoms with Gasteiger partial charge in [0.15, 0.2) is 11.6 Å². The van der Waals surface area contributed by atoms with E-state index in [0.29, 0.717) is 17.8 Å². The smallest absolute Gasteiger partial charge is 0.166 e. The molecule has 4 heteroatoms. The third-order valence-corrected chi connectivity index (χ3v) is 2.97. The van der Waals surface area contributed by atoms with E-state index in [2.05, 4.69) is 9.97 Å². The Balaban J connectivity index is 2.37. The van der Waals surface area contributed by atoms with Crippen molar-refractivity contribution in [3.8, 4) is 0 Å². The van der Waals surface area contributed by atoms with Crippen LogP contribution in [0.2, 0.25) is 0 Å². The molecule has 0 saturated carbocycles. The lowest BCUT2D eigenvalue weighted by atomic mass is 10.1. The standard InChI is InChI=1S/C12H16N2O2/c1-8(16-2)12-13-7-9-10(14-12)5-3-4-6-11(9)15/h7-8H,3-6H2,1-2H3. The second-order valence-electron chi connectivity index (χ2n) is 4.10. The number of carbonyl (C=O) groups is 1. The highest BCUT2D eigenvalue weighted by atomic mass is 16.5. The number of nitrogens with zero attached hydrogens (tertiary/aromatic N) is 2. The van der Waals surface area contributed by atoms with E-state index in [1.807, 2.05) is 6.92 Å². The van der Waals surface area contributed by atoms with Crippen LogP contribution in [0.1, 0.15) is 54.2 Å². The van der Waals surface area contributed by atoms with E-state index in [-0.39, 0.29) is 11.9 Å². The number of carbonyl (C=O) groups excluding carboxylic acids is 1. The van der Waals surface area contributed by atoms with Gasteiger partial charge in [-0.05, 0) is 26.2 Å². The first kappa shape index (κ1) is 11.2. The molecule has 0 bridgehead atoms. The molecule has 0 aliphatic heterocycles. The SMILES string of the molecule is COC(C)c1ncc2c(n1)CCCCC2=O. The van der Waals surface area contributed by atoms with Crippen molar-refractivity contribution in [2.75, 3.05) is 7.11 Å². The number of methoxy groups -OCH3 is 1. The molecule has 1 unspecified atom stereocenters. The average Bonchev–Trinajstić information content (AvgIpc) is 2.50. The number of hydrogen-bond donors (Lipinski definition) is 0. The Labute approximate surface area is 95.1 Å². The molecular formula is C12H16N2O2. The van der Waals surface area contributed by atoms with Crippen LogP contribution in [-0.4, -0.2) is 22.9 Å². The summed E-state index contributed by atoms with van der Waals surface area (Å²) in [6.07, 6.45) is 4.99. The maximum absolute atomic E-state index is 11.7. The second-order valence-corrected chi connectivity index (χ2v) is 4.10. The molecule has 1 heterocycles. The summed E-state index contributed by atoms with van der Waals surface area (Å²) in [5, 5.41) is 0. The van der Waals surface area contributed by atoms with E-state index in [9.17, 15) is 4.79 Å². The summed E-state index contributed by atoms with van der Waals surface area (Å²) in [4.78, 5) is 20.4. The number of aryl methyl sites for hydroxylation is 1. The zero-order valence-electron chi connectivity index (χ0n) is 9.69. The minimum Gasteiger partial charge on any atom is -0.374 e. The quantitative estimate of drug-likeness (QED) is 0.716. The molecule has 4 nitrogen and oxygen atoms in total. The van der Waals surface area contributed by atoms with E-state index in [0.717, 1.165) is 25.0 Å². The Morgan fingerprint density at radius 1 is 1.38 bits per heavy atom. The maximum atomic E-state index is 11.7. The molecule has 0 spiro atoms. The van der Waals surface area contributed by atoms with E-state index in [4.69, 9.17) is 4.74 Å². The molecule has 1 aromatic rings. The van der Waals surface area contributed by atoms with Crippen LogP contribution in [0.25, 0.3) is 0 Å². The fraction of sp³-hybridized carbons (Fsp3) is 0.583. The summed E-state index contributed by atoms with van der Waals surface area (Å²) < 4.78 is 5.18. The van der Waals surface area contributed by atoms with Gasteiger partial charge in [0.1, 0.15) is 6.10 Å². The van der Waals surface area contributed by atoms with Gasteiger partial charge in [-0.1, -0.05) is 0 Å². The van der Waals surface area contributed by atoms with Gasteiger partial charge in [0.05, 0.1) is 11.3 Å². The highest BCUT2D eigenvalue weighted by molar-refractivity contribution is 5.97. The monoisotopic (exact) mass is 220 g/mol. The molecule has 1 aromatic heterocycles. The van der Waals surface area contributed by atoms with E-state index >= 15 is 0 Å². The van der Waals surface area contributed by atoms with Crippen LogP contribution in [0.5, 0.6) is 0 Å². The van der Waals surface area contributed by atoms with Crippen molar-refractivity contribution in [3.05, 3.63) is 23.3 Å². The molecule has 0 fully saturated rings. The Morgan fingerprint density at radius 2 is 2.12 bits per heavy atom. The number of ether oxygens (including phenoxy) is 1. The molecule has 2 rings (SSSR count). The summed E-state index contributed by atoms with van der Waals surface area (Å²) in [5.74, 6) is 0.833. The molecule has 0 saturated heterocycles. The van der Waals surface area contributed by atoms with Crippen LogP contribution in [0.15, 0.2) is 6.20 Å². The number of fused-ring (bicyclic) bond motifs is 1. The molecule has 86 valence electrons. The summed E-state index contributed by atoms with van der Waals surface area (Å²) in [6.45, 7) is 1.90.